The largest absolute Gasteiger partial charge is 0.493 e. The van der Waals surface area contributed by atoms with Crippen LogP contribution in [0.1, 0.15) is 49.3 Å². The van der Waals surface area contributed by atoms with Crippen LogP contribution in [0.3, 0.4) is 0 Å². The number of rotatable bonds is 6. The Morgan fingerprint density at radius 3 is 2.61 bits per heavy atom. The van der Waals surface area contributed by atoms with Gasteiger partial charge in [-0.2, -0.15) is 0 Å². The van der Waals surface area contributed by atoms with Gasteiger partial charge >= 0.3 is 0 Å². The summed E-state index contributed by atoms with van der Waals surface area (Å²) in [6.45, 7) is 8.20. The second-order valence-electron chi connectivity index (χ2n) is 5.76. The fourth-order valence-corrected chi connectivity index (χ4v) is 2.34. The van der Waals surface area contributed by atoms with Crippen LogP contribution >= 0.6 is 0 Å². The summed E-state index contributed by atoms with van der Waals surface area (Å²) in [5, 5.41) is 0. The van der Waals surface area contributed by atoms with Crippen molar-refractivity contribution in [2.75, 3.05) is 13.2 Å². The van der Waals surface area contributed by atoms with E-state index in [4.69, 9.17) is 10.5 Å². The lowest BCUT2D eigenvalue weighted by Gasteiger charge is -2.17. The number of aryl methyl sites for hydroxylation is 1. The molecule has 0 spiro atoms. The van der Waals surface area contributed by atoms with Crippen molar-refractivity contribution >= 4 is 0 Å². The third kappa shape index (κ3) is 3.26. The maximum Gasteiger partial charge on any atom is 0.122 e. The highest BCUT2D eigenvalue weighted by Gasteiger charge is 2.22. The lowest BCUT2D eigenvalue weighted by atomic mass is 9.94. The molecule has 2 heteroatoms. The molecule has 0 aliphatic heterocycles. The summed E-state index contributed by atoms with van der Waals surface area (Å²) in [6.07, 6.45) is 3.56. The molecule has 0 radical (unpaired) electrons. The highest BCUT2D eigenvalue weighted by atomic mass is 16.5. The van der Waals surface area contributed by atoms with Gasteiger partial charge < -0.3 is 10.5 Å². The number of hydrogen-bond acceptors (Lipinski definition) is 2. The van der Waals surface area contributed by atoms with Gasteiger partial charge in [-0.05, 0) is 67.3 Å². The molecule has 0 atom stereocenters. The molecule has 2 N–H and O–H groups in total. The molecule has 0 unspecified atom stereocenters. The van der Waals surface area contributed by atoms with E-state index in [1.54, 1.807) is 0 Å². The van der Waals surface area contributed by atoms with Gasteiger partial charge in [0.05, 0.1) is 6.61 Å². The van der Waals surface area contributed by atoms with E-state index in [0.717, 1.165) is 24.7 Å². The van der Waals surface area contributed by atoms with Crippen molar-refractivity contribution in [3.63, 3.8) is 0 Å². The topological polar surface area (TPSA) is 35.2 Å². The van der Waals surface area contributed by atoms with Gasteiger partial charge in [-0.1, -0.05) is 19.9 Å². The quantitative estimate of drug-likeness (QED) is 0.836. The highest BCUT2D eigenvalue weighted by Crippen LogP contribution is 2.32. The third-order valence-electron chi connectivity index (χ3n) is 3.66. The van der Waals surface area contributed by atoms with Gasteiger partial charge in [0.25, 0.3) is 0 Å². The van der Waals surface area contributed by atoms with Crippen LogP contribution in [-0.4, -0.2) is 13.2 Å². The van der Waals surface area contributed by atoms with E-state index in [0.29, 0.717) is 12.5 Å². The van der Waals surface area contributed by atoms with Crippen LogP contribution in [0, 0.1) is 12.8 Å². The SMILES string of the molecule is Cc1cc(OCC2CC2)c(CCN)cc1C(C)C. The summed E-state index contributed by atoms with van der Waals surface area (Å²) in [7, 11) is 0. The van der Waals surface area contributed by atoms with E-state index in [-0.39, 0.29) is 0 Å². The molecule has 2 rings (SSSR count). The molecule has 100 valence electrons. The smallest absolute Gasteiger partial charge is 0.122 e. The Balaban J connectivity index is 2.21. The van der Waals surface area contributed by atoms with Crippen molar-refractivity contribution in [1.29, 1.82) is 0 Å². The first kappa shape index (κ1) is 13.4. The summed E-state index contributed by atoms with van der Waals surface area (Å²) >= 11 is 0. The number of nitrogens with two attached hydrogens (primary N) is 1. The Hall–Kier alpha value is -1.02. The van der Waals surface area contributed by atoms with Crippen molar-refractivity contribution < 1.29 is 4.74 Å². The lowest BCUT2D eigenvalue weighted by Crippen LogP contribution is -2.08. The highest BCUT2D eigenvalue weighted by molar-refractivity contribution is 5.43. The van der Waals surface area contributed by atoms with Crippen molar-refractivity contribution in [2.45, 2.75) is 46.0 Å². The number of ether oxygens (including phenoxy) is 1. The standard InChI is InChI=1S/C16H25NO/c1-11(2)15-9-14(6-7-17)16(8-12(15)3)18-10-13-4-5-13/h8-9,11,13H,4-7,10,17H2,1-3H3. The van der Waals surface area contributed by atoms with Crippen molar-refractivity contribution in [2.24, 2.45) is 11.7 Å². The zero-order chi connectivity index (χ0) is 13.1. The van der Waals surface area contributed by atoms with Gasteiger partial charge in [0.2, 0.25) is 0 Å². The summed E-state index contributed by atoms with van der Waals surface area (Å²) in [6, 6.07) is 4.48. The zero-order valence-electron chi connectivity index (χ0n) is 11.8. The molecular formula is C16H25NO. The predicted octanol–water partition coefficient (Wildman–Crippen LogP) is 3.41. The minimum Gasteiger partial charge on any atom is -0.493 e. The van der Waals surface area contributed by atoms with Crippen molar-refractivity contribution in [3.8, 4) is 5.75 Å². The molecule has 0 aromatic heterocycles. The molecule has 1 saturated carbocycles. The molecule has 0 amide bonds. The first-order chi connectivity index (χ1) is 8.61. The van der Waals surface area contributed by atoms with Gasteiger partial charge in [-0.25, -0.2) is 0 Å². The molecule has 1 aromatic rings. The van der Waals surface area contributed by atoms with Crippen LogP contribution in [0.4, 0.5) is 0 Å². The third-order valence-corrected chi connectivity index (χ3v) is 3.66. The molecular weight excluding hydrogens is 222 g/mol. The second kappa shape index (κ2) is 5.75. The van der Waals surface area contributed by atoms with Gasteiger partial charge in [0.1, 0.15) is 5.75 Å². The average Bonchev–Trinajstić information content (AvgIpc) is 3.12. The van der Waals surface area contributed by atoms with Crippen molar-refractivity contribution in [1.82, 2.24) is 0 Å². The second-order valence-corrected chi connectivity index (χ2v) is 5.76. The van der Waals surface area contributed by atoms with Crippen LogP contribution in [0.25, 0.3) is 0 Å². The van der Waals surface area contributed by atoms with Crippen LogP contribution in [0.15, 0.2) is 12.1 Å². The zero-order valence-corrected chi connectivity index (χ0v) is 11.8. The molecule has 1 aliphatic rings. The Bertz CT molecular complexity index is 408. The van der Waals surface area contributed by atoms with Crippen LogP contribution in [0.5, 0.6) is 5.75 Å². The molecule has 1 fully saturated rings. The van der Waals surface area contributed by atoms with Crippen LogP contribution in [-0.2, 0) is 6.42 Å². The summed E-state index contributed by atoms with van der Waals surface area (Å²) < 4.78 is 5.97. The molecule has 0 saturated heterocycles. The molecule has 1 aliphatic carbocycles. The molecule has 0 heterocycles. The normalized spacial score (nSPS) is 15.2. The van der Waals surface area contributed by atoms with E-state index in [2.05, 4.69) is 32.9 Å². The average molecular weight is 247 g/mol. The lowest BCUT2D eigenvalue weighted by molar-refractivity contribution is 0.296. The summed E-state index contributed by atoms with van der Waals surface area (Å²) in [4.78, 5) is 0. The first-order valence-corrected chi connectivity index (χ1v) is 7.08. The van der Waals surface area contributed by atoms with Gasteiger partial charge in [0, 0.05) is 0 Å². The Kier molecular flexibility index (Phi) is 4.28. The maximum atomic E-state index is 5.97. The fourth-order valence-electron chi connectivity index (χ4n) is 2.34. The minimum atomic E-state index is 0.555. The van der Waals surface area contributed by atoms with E-state index in [1.165, 1.54) is 29.5 Å². The summed E-state index contributed by atoms with van der Waals surface area (Å²) in [5.41, 5.74) is 9.72. The molecule has 2 nitrogen and oxygen atoms in total. The van der Waals surface area contributed by atoms with E-state index in [9.17, 15) is 0 Å². The minimum absolute atomic E-state index is 0.555. The van der Waals surface area contributed by atoms with Crippen molar-refractivity contribution in [3.05, 3.63) is 28.8 Å². The molecule has 1 aromatic carbocycles. The van der Waals surface area contributed by atoms with E-state index < -0.39 is 0 Å². The van der Waals surface area contributed by atoms with Gasteiger partial charge in [0.15, 0.2) is 0 Å². The Labute approximate surface area is 111 Å². The first-order valence-electron chi connectivity index (χ1n) is 7.08. The predicted molar refractivity (Wildman–Crippen MR) is 76.2 cm³/mol. The van der Waals surface area contributed by atoms with Gasteiger partial charge in [-0.15, -0.1) is 0 Å². The molecule has 0 bridgehead atoms. The Morgan fingerprint density at radius 1 is 1.33 bits per heavy atom. The molecule has 18 heavy (non-hydrogen) atoms. The summed E-state index contributed by atoms with van der Waals surface area (Å²) in [5.74, 6) is 2.40. The fraction of sp³-hybridized carbons (Fsp3) is 0.625. The monoisotopic (exact) mass is 247 g/mol. The number of benzene rings is 1. The maximum absolute atomic E-state index is 5.97. The number of hydrogen-bond donors (Lipinski definition) is 1. The van der Waals surface area contributed by atoms with E-state index >= 15 is 0 Å². The Morgan fingerprint density at radius 2 is 2.06 bits per heavy atom. The van der Waals surface area contributed by atoms with Crippen LogP contribution < -0.4 is 10.5 Å². The van der Waals surface area contributed by atoms with Crippen LogP contribution in [0.2, 0.25) is 0 Å². The van der Waals surface area contributed by atoms with Gasteiger partial charge in [-0.3, -0.25) is 0 Å². The van der Waals surface area contributed by atoms with E-state index in [1.807, 2.05) is 0 Å².